The zero-order chi connectivity index (χ0) is 6.53. The molecule has 1 fully saturated rings. The molecule has 0 atom stereocenters. The molecule has 1 aliphatic rings. The summed E-state index contributed by atoms with van der Waals surface area (Å²) in [7, 11) is 0. The molecule has 54 valence electrons. The summed E-state index contributed by atoms with van der Waals surface area (Å²) < 4.78 is 0. The highest BCUT2D eigenvalue weighted by atomic mass is 32.2. The maximum atomic E-state index is 5.35. The topological polar surface area (TPSA) is 26.0 Å². The molecule has 2 heteroatoms. The summed E-state index contributed by atoms with van der Waals surface area (Å²) in [6, 6.07) is 0. The quantitative estimate of drug-likeness (QED) is 0.595. The van der Waals surface area contributed by atoms with Crippen molar-refractivity contribution in [1.82, 2.24) is 0 Å². The van der Waals surface area contributed by atoms with E-state index in [1.807, 2.05) is 0 Å². The van der Waals surface area contributed by atoms with Gasteiger partial charge in [-0.25, -0.2) is 0 Å². The van der Waals surface area contributed by atoms with Crippen LogP contribution in [0.3, 0.4) is 0 Å². The smallest absolute Gasteiger partial charge is 0.00478 e. The summed E-state index contributed by atoms with van der Waals surface area (Å²) in [5, 5.41) is 1.03. The molecule has 0 heterocycles. The van der Waals surface area contributed by atoms with Crippen molar-refractivity contribution in [3.8, 4) is 0 Å². The van der Waals surface area contributed by atoms with Crippen LogP contribution in [-0.2, 0) is 0 Å². The van der Waals surface area contributed by atoms with Crippen molar-refractivity contribution in [3.63, 3.8) is 0 Å². The van der Waals surface area contributed by atoms with Crippen molar-refractivity contribution in [3.05, 3.63) is 0 Å². The molecule has 0 aliphatic heterocycles. The highest BCUT2D eigenvalue weighted by Gasteiger charge is 2.20. The summed E-state index contributed by atoms with van der Waals surface area (Å²) in [6.07, 6.45) is 5.46. The third-order valence-electron chi connectivity index (χ3n) is 1.48. The Morgan fingerprint density at radius 3 is 2.67 bits per heavy atom. The average Bonchev–Trinajstić information content (AvgIpc) is 2.63. The van der Waals surface area contributed by atoms with E-state index in [1.54, 1.807) is 0 Å². The minimum absolute atomic E-state index is 0.866. The van der Waals surface area contributed by atoms with Gasteiger partial charge in [-0.1, -0.05) is 0 Å². The Hall–Kier alpha value is 0.310. The van der Waals surface area contributed by atoms with E-state index >= 15 is 0 Å². The number of hydrogen-bond acceptors (Lipinski definition) is 2. The summed E-state index contributed by atoms with van der Waals surface area (Å²) >= 11 is 2.13. The molecule has 1 saturated carbocycles. The van der Waals surface area contributed by atoms with Gasteiger partial charge >= 0.3 is 0 Å². The van der Waals surface area contributed by atoms with Gasteiger partial charge in [0.15, 0.2) is 0 Å². The van der Waals surface area contributed by atoms with Gasteiger partial charge in [-0.15, -0.1) is 0 Å². The Bertz CT molecular complexity index is 71.3. The molecule has 0 unspecified atom stereocenters. The Labute approximate surface area is 61.4 Å². The van der Waals surface area contributed by atoms with E-state index in [2.05, 4.69) is 11.8 Å². The monoisotopic (exact) mass is 145 g/mol. The van der Waals surface area contributed by atoms with E-state index in [-0.39, 0.29) is 0 Å². The van der Waals surface area contributed by atoms with Crippen molar-refractivity contribution in [1.29, 1.82) is 0 Å². The summed E-state index contributed by atoms with van der Waals surface area (Å²) in [4.78, 5) is 0. The minimum atomic E-state index is 0.866. The lowest BCUT2D eigenvalue weighted by Gasteiger charge is -1.95. The van der Waals surface area contributed by atoms with Gasteiger partial charge in [-0.3, -0.25) is 0 Å². The lowest BCUT2D eigenvalue weighted by molar-refractivity contribution is 0.814. The normalized spacial score (nSPS) is 18.3. The van der Waals surface area contributed by atoms with Gasteiger partial charge in [0.25, 0.3) is 0 Å². The summed E-state index contributed by atoms with van der Waals surface area (Å²) in [5.41, 5.74) is 5.35. The largest absolute Gasteiger partial charge is 0.330 e. The van der Waals surface area contributed by atoms with Crippen molar-refractivity contribution in [2.45, 2.75) is 30.9 Å². The van der Waals surface area contributed by atoms with E-state index in [0.29, 0.717) is 0 Å². The van der Waals surface area contributed by atoms with Crippen LogP contribution in [0.4, 0.5) is 0 Å². The lowest BCUT2D eigenvalue weighted by Crippen LogP contribution is -1.98. The Kier molecular flexibility index (Phi) is 3.44. The molecule has 0 spiro atoms. The van der Waals surface area contributed by atoms with E-state index in [9.17, 15) is 0 Å². The first kappa shape index (κ1) is 7.42. The lowest BCUT2D eigenvalue weighted by atomic mass is 10.3. The van der Waals surface area contributed by atoms with E-state index < -0.39 is 0 Å². The predicted octanol–water partition coefficient (Wildman–Crippen LogP) is 1.62. The van der Waals surface area contributed by atoms with E-state index in [1.165, 1.54) is 31.4 Å². The zero-order valence-electron chi connectivity index (χ0n) is 5.81. The van der Waals surface area contributed by atoms with Gasteiger partial charge < -0.3 is 5.73 Å². The van der Waals surface area contributed by atoms with Crippen LogP contribution in [0, 0.1) is 0 Å². The van der Waals surface area contributed by atoms with Gasteiger partial charge in [0, 0.05) is 5.25 Å². The van der Waals surface area contributed by atoms with Crippen LogP contribution >= 0.6 is 11.8 Å². The molecule has 0 amide bonds. The molecule has 1 nitrogen and oxygen atoms in total. The van der Waals surface area contributed by atoms with Crippen LogP contribution in [0.25, 0.3) is 0 Å². The highest BCUT2D eigenvalue weighted by molar-refractivity contribution is 8.00. The van der Waals surface area contributed by atoms with Crippen molar-refractivity contribution in [2.24, 2.45) is 5.73 Å². The van der Waals surface area contributed by atoms with Crippen LogP contribution in [0.5, 0.6) is 0 Å². The third-order valence-corrected chi connectivity index (χ3v) is 2.94. The van der Waals surface area contributed by atoms with Gasteiger partial charge in [0.05, 0.1) is 0 Å². The fourth-order valence-corrected chi connectivity index (χ4v) is 1.90. The standard InChI is InChI=1S/C7H15NS/c8-5-1-2-6-9-7-3-4-7/h7H,1-6,8H2. The van der Waals surface area contributed by atoms with Crippen LogP contribution < -0.4 is 5.73 Å². The Morgan fingerprint density at radius 1 is 1.33 bits per heavy atom. The molecule has 1 aliphatic carbocycles. The second-order valence-electron chi connectivity index (χ2n) is 2.57. The number of rotatable bonds is 5. The molecule has 1 rings (SSSR count). The van der Waals surface area contributed by atoms with Gasteiger partial charge in [-0.2, -0.15) is 11.8 Å². The second-order valence-corrected chi connectivity index (χ2v) is 3.97. The number of hydrogen-bond donors (Lipinski definition) is 1. The second kappa shape index (κ2) is 4.18. The summed E-state index contributed by atoms with van der Waals surface area (Å²) in [6.45, 7) is 0.866. The molecule has 0 radical (unpaired) electrons. The van der Waals surface area contributed by atoms with Crippen molar-refractivity contribution < 1.29 is 0 Å². The molecule has 9 heavy (non-hydrogen) atoms. The molecule has 2 N–H and O–H groups in total. The Balaban J connectivity index is 1.71. The van der Waals surface area contributed by atoms with Crippen LogP contribution in [-0.4, -0.2) is 17.5 Å². The predicted molar refractivity (Wildman–Crippen MR) is 43.8 cm³/mol. The van der Waals surface area contributed by atoms with E-state index in [0.717, 1.165) is 11.8 Å². The van der Waals surface area contributed by atoms with Crippen molar-refractivity contribution >= 4 is 11.8 Å². The van der Waals surface area contributed by atoms with Gasteiger partial charge in [-0.05, 0) is 38.0 Å². The van der Waals surface area contributed by atoms with Crippen LogP contribution in [0.2, 0.25) is 0 Å². The average molecular weight is 145 g/mol. The first-order valence-electron chi connectivity index (χ1n) is 3.75. The maximum Gasteiger partial charge on any atom is 0.00478 e. The molecular formula is C7H15NS. The SMILES string of the molecule is NCCCCSC1CC1. The van der Waals surface area contributed by atoms with Gasteiger partial charge in [0.2, 0.25) is 0 Å². The fraction of sp³-hybridized carbons (Fsp3) is 1.00. The molecule has 0 aromatic rings. The molecule has 0 aromatic carbocycles. The first-order chi connectivity index (χ1) is 4.43. The zero-order valence-corrected chi connectivity index (χ0v) is 6.62. The molecule has 0 saturated heterocycles. The maximum absolute atomic E-state index is 5.35. The molecule has 0 aromatic heterocycles. The minimum Gasteiger partial charge on any atom is -0.330 e. The molecular weight excluding hydrogens is 130 g/mol. The third kappa shape index (κ3) is 3.82. The Morgan fingerprint density at radius 2 is 2.11 bits per heavy atom. The summed E-state index contributed by atoms with van der Waals surface area (Å²) in [5.74, 6) is 1.34. The number of thioether (sulfide) groups is 1. The highest BCUT2D eigenvalue weighted by Crippen LogP contribution is 2.34. The van der Waals surface area contributed by atoms with Gasteiger partial charge in [0.1, 0.15) is 0 Å². The number of nitrogens with two attached hydrogens (primary N) is 1. The number of unbranched alkanes of at least 4 members (excludes halogenated alkanes) is 1. The molecule has 0 bridgehead atoms. The first-order valence-corrected chi connectivity index (χ1v) is 4.80. The fourth-order valence-electron chi connectivity index (χ4n) is 0.731. The van der Waals surface area contributed by atoms with Crippen LogP contribution in [0.1, 0.15) is 25.7 Å². The van der Waals surface area contributed by atoms with E-state index in [4.69, 9.17) is 5.73 Å². The van der Waals surface area contributed by atoms with Crippen molar-refractivity contribution in [2.75, 3.05) is 12.3 Å². The van der Waals surface area contributed by atoms with Crippen LogP contribution in [0.15, 0.2) is 0 Å².